The van der Waals surface area contributed by atoms with Gasteiger partial charge in [0.25, 0.3) is 11.8 Å². The number of rotatable bonds is 5. The third kappa shape index (κ3) is 4.06. The minimum Gasteiger partial charge on any atom is -0.435 e. The minimum atomic E-state index is -2.98. The Morgan fingerprint density at radius 1 is 0.944 bits per heavy atom. The normalized spacial score (nSPS) is 19.0. The van der Waals surface area contributed by atoms with Gasteiger partial charge in [-0.25, -0.2) is 4.79 Å². The summed E-state index contributed by atoms with van der Waals surface area (Å²) >= 11 is 0. The van der Waals surface area contributed by atoms with Gasteiger partial charge in [-0.05, 0) is 60.7 Å². The van der Waals surface area contributed by atoms with E-state index in [9.17, 15) is 23.2 Å². The van der Waals surface area contributed by atoms with E-state index in [2.05, 4.69) is 10.1 Å². The third-order valence-electron chi connectivity index (χ3n) is 6.60. The predicted octanol–water partition coefficient (Wildman–Crippen LogP) is 4.52. The number of halogens is 2. The molecule has 2 heterocycles. The maximum atomic E-state index is 13.7. The highest BCUT2D eigenvalue weighted by Crippen LogP contribution is 2.37. The molecule has 5 rings (SSSR count). The molecule has 0 radical (unpaired) electrons. The summed E-state index contributed by atoms with van der Waals surface area (Å²) in [6, 6.07) is 19.9. The molecule has 2 aliphatic heterocycles. The molecule has 9 heteroatoms. The van der Waals surface area contributed by atoms with Crippen molar-refractivity contribution in [2.24, 2.45) is 0 Å². The van der Waals surface area contributed by atoms with E-state index in [1.165, 1.54) is 31.2 Å². The number of para-hydroxylation sites is 2. The van der Waals surface area contributed by atoms with Gasteiger partial charge in [0.05, 0.1) is 11.4 Å². The Morgan fingerprint density at radius 3 is 2.06 bits per heavy atom. The zero-order chi connectivity index (χ0) is 25.4. The average Bonchev–Trinajstić information content (AvgIpc) is 2.99. The molecule has 0 saturated carbocycles. The van der Waals surface area contributed by atoms with Crippen molar-refractivity contribution < 1.29 is 27.9 Å². The fourth-order valence-electron chi connectivity index (χ4n) is 4.76. The standard InChI is InChI=1S/C27H23F2N3O4/c1-27(19-12-14-20(15-13-19)36-25(28)29)24(34)31(26(35)30-27)16-23(33)32-21-8-4-2-6-17(21)10-11-18-7-3-5-9-22(18)32/h2-9,12-15,25H,10-11,16H2,1H3,(H,30,35). The van der Waals surface area contributed by atoms with E-state index in [-0.39, 0.29) is 5.75 Å². The summed E-state index contributed by atoms with van der Waals surface area (Å²) in [4.78, 5) is 42.4. The number of carbonyl (C=O) groups is 3. The third-order valence-corrected chi connectivity index (χ3v) is 6.60. The molecule has 0 bridgehead atoms. The Kier molecular flexibility index (Phi) is 5.91. The monoisotopic (exact) mass is 491 g/mol. The molecule has 2 aliphatic rings. The molecule has 1 N–H and O–H groups in total. The van der Waals surface area contributed by atoms with Crippen molar-refractivity contribution >= 4 is 29.2 Å². The van der Waals surface area contributed by atoms with Crippen LogP contribution in [0.1, 0.15) is 23.6 Å². The van der Waals surface area contributed by atoms with Crippen LogP contribution in [0.25, 0.3) is 0 Å². The van der Waals surface area contributed by atoms with Gasteiger partial charge in [0, 0.05) is 0 Å². The van der Waals surface area contributed by atoms with Crippen molar-refractivity contribution in [1.82, 2.24) is 10.2 Å². The van der Waals surface area contributed by atoms with Crippen LogP contribution in [0.2, 0.25) is 0 Å². The summed E-state index contributed by atoms with van der Waals surface area (Å²) in [5, 5.41) is 2.64. The second-order valence-corrected chi connectivity index (χ2v) is 8.84. The van der Waals surface area contributed by atoms with Crippen molar-refractivity contribution in [3.63, 3.8) is 0 Å². The lowest BCUT2D eigenvalue weighted by Gasteiger charge is -2.27. The van der Waals surface area contributed by atoms with E-state index < -0.39 is 36.5 Å². The van der Waals surface area contributed by atoms with Crippen LogP contribution in [0, 0.1) is 0 Å². The molecule has 1 atom stereocenters. The SMILES string of the molecule is CC1(c2ccc(OC(F)F)cc2)NC(=O)N(CC(=O)N2c3ccccc3CCc3ccccc32)C1=O. The highest BCUT2D eigenvalue weighted by atomic mass is 19.3. The largest absolute Gasteiger partial charge is 0.435 e. The lowest BCUT2D eigenvalue weighted by atomic mass is 9.92. The molecule has 0 aliphatic carbocycles. The fraction of sp³-hybridized carbons (Fsp3) is 0.222. The number of anilines is 2. The van der Waals surface area contributed by atoms with Crippen LogP contribution >= 0.6 is 0 Å². The Balaban J connectivity index is 1.43. The summed E-state index contributed by atoms with van der Waals surface area (Å²) in [7, 11) is 0. The van der Waals surface area contributed by atoms with Gasteiger partial charge in [-0.1, -0.05) is 48.5 Å². The Bertz CT molecular complexity index is 1300. The van der Waals surface area contributed by atoms with E-state index >= 15 is 0 Å². The van der Waals surface area contributed by atoms with Gasteiger partial charge in [0.15, 0.2) is 0 Å². The van der Waals surface area contributed by atoms with Gasteiger partial charge >= 0.3 is 12.6 Å². The van der Waals surface area contributed by atoms with Crippen LogP contribution in [0.5, 0.6) is 5.75 Å². The van der Waals surface area contributed by atoms with Crippen LogP contribution in [0.4, 0.5) is 25.0 Å². The van der Waals surface area contributed by atoms with Crippen LogP contribution in [-0.2, 0) is 28.0 Å². The van der Waals surface area contributed by atoms with Crippen molar-refractivity contribution in [2.75, 3.05) is 11.4 Å². The highest BCUT2D eigenvalue weighted by Gasteiger charge is 2.50. The number of hydrogen-bond acceptors (Lipinski definition) is 4. The van der Waals surface area contributed by atoms with E-state index in [1.54, 1.807) is 4.90 Å². The molecule has 3 aromatic carbocycles. The molecule has 1 saturated heterocycles. The maximum absolute atomic E-state index is 13.7. The van der Waals surface area contributed by atoms with Crippen molar-refractivity contribution in [3.05, 3.63) is 89.5 Å². The minimum absolute atomic E-state index is 0.0698. The summed E-state index contributed by atoms with van der Waals surface area (Å²) in [5.74, 6) is -1.11. The second kappa shape index (κ2) is 9.07. The van der Waals surface area contributed by atoms with E-state index in [0.29, 0.717) is 5.56 Å². The predicted molar refractivity (Wildman–Crippen MR) is 128 cm³/mol. The van der Waals surface area contributed by atoms with Crippen LogP contribution < -0.4 is 15.0 Å². The Hall–Kier alpha value is -4.27. The molecule has 7 nitrogen and oxygen atoms in total. The molecule has 184 valence electrons. The van der Waals surface area contributed by atoms with Crippen molar-refractivity contribution in [1.29, 1.82) is 0 Å². The number of ether oxygens (including phenoxy) is 1. The number of urea groups is 1. The number of imide groups is 1. The van der Waals surface area contributed by atoms with Gasteiger partial charge < -0.3 is 10.1 Å². The quantitative estimate of drug-likeness (QED) is 0.533. The van der Waals surface area contributed by atoms with Gasteiger partial charge in [0.2, 0.25) is 0 Å². The lowest BCUT2D eigenvalue weighted by Crippen LogP contribution is -2.43. The number of nitrogens with zero attached hydrogens (tertiary/aromatic N) is 2. The average molecular weight is 491 g/mol. The summed E-state index contributed by atoms with van der Waals surface area (Å²) in [5.41, 5.74) is 2.34. The van der Waals surface area contributed by atoms with E-state index in [1.807, 2.05) is 48.5 Å². The topological polar surface area (TPSA) is 79.0 Å². The van der Waals surface area contributed by atoms with Crippen LogP contribution in [0.3, 0.4) is 0 Å². The van der Waals surface area contributed by atoms with Gasteiger partial charge in [-0.2, -0.15) is 8.78 Å². The zero-order valence-electron chi connectivity index (χ0n) is 19.4. The first kappa shape index (κ1) is 23.5. The van der Waals surface area contributed by atoms with E-state index in [4.69, 9.17) is 0 Å². The molecular weight excluding hydrogens is 468 g/mol. The number of hydrogen-bond donors (Lipinski definition) is 1. The number of nitrogens with one attached hydrogen (secondary N) is 1. The van der Waals surface area contributed by atoms with Gasteiger partial charge in [-0.3, -0.25) is 19.4 Å². The van der Waals surface area contributed by atoms with E-state index in [0.717, 1.165) is 40.2 Å². The number of amides is 4. The summed E-state index contributed by atoms with van der Waals surface area (Å²) < 4.78 is 29.3. The summed E-state index contributed by atoms with van der Waals surface area (Å²) in [6.07, 6.45) is 1.51. The number of aryl methyl sites for hydroxylation is 2. The first-order chi connectivity index (χ1) is 17.3. The van der Waals surface area contributed by atoms with Crippen LogP contribution in [-0.4, -0.2) is 35.9 Å². The molecule has 36 heavy (non-hydrogen) atoms. The first-order valence-corrected chi connectivity index (χ1v) is 11.5. The van der Waals surface area contributed by atoms with Crippen LogP contribution in [0.15, 0.2) is 72.8 Å². The molecule has 4 amide bonds. The highest BCUT2D eigenvalue weighted by molar-refractivity contribution is 6.12. The Labute approximate surface area is 206 Å². The molecule has 1 unspecified atom stereocenters. The molecule has 0 spiro atoms. The second-order valence-electron chi connectivity index (χ2n) is 8.84. The number of benzene rings is 3. The number of alkyl halides is 2. The number of carbonyl (C=O) groups excluding carboxylic acids is 3. The van der Waals surface area contributed by atoms with Crippen molar-refractivity contribution in [2.45, 2.75) is 31.9 Å². The molecule has 0 aromatic heterocycles. The van der Waals surface area contributed by atoms with Gasteiger partial charge in [0.1, 0.15) is 17.8 Å². The van der Waals surface area contributed by atoms with Crippen molar-refractivity contribution in [3.8, 4) is 5.75 Å². The maximum Gasteiger partial charge on any atom is 0.387 e. The fourth-order valence-corrected chi connectivity index (χ4v) is 4.76. The summed E-state index contributed by atoms with van der Waals surface area (Å²) in [6.45, 7) is -1.93. The van der Waals surface area contributed by atoms with Gasteiger partial charge in [-0.15, -0.1) is 0 Å². The Morgan fingerprint density at radius 2 is 1.50 bits per heavy atom. The lowest BCUT2D eigenvalue weighted by molar-refractivity contribution is -0.134. The molecule has 1 fully saturated rings. The first-order valence-electron chi connectivity index (χ1n) is 11.5. The smallest absolute Gasteiger partial charge is 0.387 e. The zero-order valence-corrected chi connectivity index (χ0v) is 19.4. The molecule has 3 aromatic rings. The number of fused-ring (bicyclic) bond motifs is 2. The molecular formula is C27H23F2N3O4.